The molecule has 7 heteroatoms. The first-order valence-electron chi connectivity index (χ1n) is 7.68. The summed E-state index contributed by atoms with van der Waals surface area (Å²) in [7, 11) is -3.39. The van der Waals surface area contributed by atoms with Crippen LogP contribution >= 0.6 is 0 Å². The van der Waals surface area contributed by atoms with E-state index < -0.39 is 33.1 Å². The number of aliphatic hydroxyl groups is 1. The van der Waals surface area contributed by atoms with E-state index in [0.29, 0.717) is 17.5 Å². The molecule has 1 N–H and O–H groups in total. The van der Waals surface area contributed by atoms with Gasteiger partial charge in [-0.25, -0.2) is 12.8 Å². The van der Waals surface area contributed by atoms with E-state index in [4.69, 9.17) is 4.74 Å². The Morgan fingerprint density at radius 2 is 1.60 bits per heavy atom. The summed E-state index contributed by atoms with van der Waals surface area (Å²) in [6.45, 7) is 0.189. The lowest BCUT2D eigenvalue weighted by Crippen LogP contribution is -2.39. The maximum Gasteiger partial charge on any atom is 0.312 e. The van der Waals surface area contributed by atoms with Gasteiger partial charge in [-0.1, -0.05) is 24.3 Å². The second kappa shape index (κ2) is 6.24. The van der Waals surface area contributed by atoms with E-state index in [0.717, 1.165) is 6.26 Å². The van der Waals surface area contributed by atoms with Crippen molar-refractivity contribution in [3.8, 4) is 0 Å². The van der Waals surface area contributed by atoms with Gasteiger partial charge in [-0.2, -0.15) is 0 Å². The molecular weight excluding hydrogens is 347 g/mol. The summed E-state index contributed by atoms with van der Waals surface area (Å²) in [6, 6.07) is 10.9. The van der Waals surface area contributed by atoms with Gasteiger partial charge in [0.2, 0.25) is 0 Å². The van der Waals surface area contributed by atoms with Crippen LogP contribution in [0.1, 0.15) is 17.5 Å². The topological polar surface area (TPSA) is 80.7 Å². The van der Waals surface area contributed by atoms with E-state index in [9.17, 15) is 22.7 Å². The Hall–Kier alpha value is -2.25. The molecule has 3 rings (SSSR count). The lowest BCUT2D eigenvalue weighted by molar-refractivity contribution is -0.147. The highest BCUT2D eigenvalue weighted by molar-refractivity contribution is 7.90. The van der Waals surface area contributed by atoms with Crippen molar-refractivity contribution in [1.29, 1.82) is 0 Å². The maximum atomic E-state index is 13.3. The van der Waals surface area contributed by atoms with E-state index in [2.05, 4.69) is 0 Å². The fourth-order valence-corrected chi connectivity index (χ4v) is 3.73. The molecular formula is C18H17FO5S. The Balaban J connectivity index is 2.14. The zero-order chi connectivity index (χ0) is 18.2. The quantitative estimate of drug-likeness (QED) is 0.840. The first-order valence-corrected chi connectivity index (χ1v) is 9.57. The third-order valence-corrected chi connectivity index (χ3v) is 5.58. The summed E-state index contributed by atoms with van der Waals surface area (Å²) in [6.07, 6.45) is 1.39. The second-order valence-corrected chi connectivity index (χ2v) is 8.09. The zero-order valence-electron chi connectivity index (χ0n) is 13.5. The van der Waals surface area contributed by atoms with Crippen molar-refractivity contribution >= 4 is 15.8 Å². The van der Waals surface area contributed by atoms with Gasteiger partial charge in [-0.05, 0) is 41.8 Å². The van der Waals surface area contributed by atoms with Crippen molar-refractivity contribution in [2.45, 2.75) is 16.9 Å². The summed E-state index contributed by atoms with van der Waals surface area (Å²) >= 11 is 0. The lowest BCUT2D eigenvalue weighted by Gasteiger charge is -2.33. The molecule has 0 radical (unpaired) electrons. The normalized spacial score (nSPS) is 20.1. The molecule has 25 heavy (non-hydrogen) atoms. The van der Waals surface area contributed by atoms with E-state index >= 15 is 0 Å². The fraction of sp³-hybridized carbons (Fsp3) is 0.278. The highest BCUT2D eigenvalue weighted by Gasteiger charge is 2.47. The lowest BCUT2D eigenvalue weighted by atomic mass is 9.75. The van der Waals surface area contributed by atoms with Crippen LogP contribution in [0.25, 0.3) is 0 Å². The van der Waals surface area contributed by atoms with Crippen LogP contribution in [0.5, 0.6) is 0 Å². The molecule has 2 aromatic rings. The highest BCUT2D eigenvalue weighted by atomic mass is 32.2. The molecule has 0 saturated carbocycles. The number of carbonyl (C=O) groups is 1. The monoisotopic (exact) mass is 364 g/mol. The number of hydrogen-bond acceptors (Lipinski definition) is 5. The van der Waals surface area contributed by atoms with Crippen LogP contribution in [0, 0.1) is 11.7 Å². The van der Waals surface area contributed by atoms with Crippen molar-refractivity contribution in [2.75, 3.05) is 12.9 Å². The number of ether oxygens (including phenoxy) is 1. The Morgan fingerprint density at radius 3 is 2.04 bits per heavy atom. The number of sulfone groups is 1. The van der Waals surface area contributed by atoms with Crippen LogP contribution in [0.4, 0.5) is 4.39 Å². The highest BCUT2D eigenvalue weighted by Crippen LogP contribution is 2.41. The Kier molecular flexibility index (Phi) is 4.38. The third-order valence-electron chi connectivity index (χ3n) is 4.45. The zero-order valence-corrected chi connectivity index (χ0v) is 14.3. The van der Waals surface area contributed by atoms with Gasteiger partial charge in [0.25, 0.3) is 0 Å². The molecule has 1 fully saturated rings. The van der Waals surface area contributed by atoms with Crippen LogP contribution in [0.3, 0.4) is 0 Å². The van der Waals surface area contributed by atoms with Gasteiger partial charge in [0.1, 0.15) is 11.4 Å². The van der Waals surface area contributed by atoms with Crippen LogP contribution in [-0.4, -0.2) is 32.4 Å². The Labute approximate surface area is 145 Å². The predicted octanol–water partition coefficient (Wildman–Crippen LogP) is 2.03. The fourth-order valence-electron chi connectivity index (χ4n) is 3.10. The van der Waals surface area contributed by atoms with Crippen LogP contribution < -0.4 is 0 Å². The summed E-state index contributed by atoms with van der Waals surface area (Å²) in [5, 5.41) is 11.4. The second-order valence-electron chi connectivity index (χ2n) is 6.08. The number of carbonyl (C=O) groups excluding carboxylic acids is 1. The van der Waals surface area contributed by atoms with Gasteiger partial charge in [-0.3, -0.25) is 4.79 Å². The van der Waals surface area contributed by atoms with Gasteiger partial charge < -0.3 is 9.84 Å². The van der Waals surface area contributed by atoms with E-state index in [1.54, 1.807) is 0 Å². The summed E-state index contributed by atoms with van der Waals surface area (Å²) in [5.41, 5.74) is -1.06. The van der Waals surface area contributed by atoms with Crippen LogP contribution in [-0.2, 0) is 25.0 Å². The van der Waals surface area contributed by atoms with Gasteiger partial charge in [0, 0.05) is 6.26 Å². The van der Waals surface area contributed by atoms with Crippen molar-refractivity contribution in [2.24, 2.45) is 5.92 Å². The number of benzene rings is 2. The van der Waals surface area contributed by atoms with Crippen LogP contribution in [0.15, 0.2) is 53.4 Å². The third kappa shape index (κ3) is 3.17. The van der Waals surface area contributed by atoms with Crippen molar-refractivity contribution in [1.82, 2.24) is 0 Å². The molecule has 2 atom stereocenters. The minimum Gasteiger partial charge on any atom is -0.465 e. The molecule has 0 amide bonds. The SMILES string of the molecule is CS(=O)(=O)c1ccc(C(O)(c2ccc(F)cc2)C2CCOC2=O)cc1. The molecule has 1 saturated heterocycles. The first-order chi connectivity index (χ1) is 11.7. The van der Waals surface area contributed by atoms with E-state index in [1.807, 2.05) is 0 Å². The molecule has 0 bridgehead atoms. The molecule has 0 aromatic heterocycles. The summed E-state index contributed by atoms with van der Waals surface area (Å²) in [4.78, 5) is 12.2. The maximum absolute atomic E-state index is 13.3. The standard InChI is InChI=1S/C18H17FO5S/c1-25(22,23)15-8-4-13(5-9-15)18(21,16-10-11-24-17(16)20)12-2-6-14(19)7-3-12/h2-9,16,21H,10-11H2,1H3. The van der Waals surface area contributed by atoms with E-state index in [1.165, 1.54) is 48.5 Å². The Morgan fingerprint density at radius 1 is 1.08 bits per heavy atom. The van der Waals surface area contributed by atoms with Crippen molar-refractivity contribution < 1.29 is 27.4 Å². The smallest absolute Gasteiger partial charge is 0.312 e. The average molecular weight is 364 g/mol. The number of esters is 1. The minimum atomic E-state index is -3.39. The molecule has 0 aliphatic carbocycles. The first kappa shape index (κ1) is 17.6. The molecule has 1 heterocycles. The molecule has 2 unspecified atom stereocenters. The van der Waals surface area contributed by atoms with Crippen molar-refractivity contribution in [3.05, 3.63) is 65.5 Å². The number of cyclic esters (lactones) is 1. The molecule has 0 spiro atoms. The molecule has 5 nitrogen and oxygen atoms in total. The van der Waals surface area contributed by atoms with E-state index in [-0.39, 0.29) is 11.5 Å². The largest absolute Gasteiger partial charge is 0.465 e. The predicted molar refractivity (Wildman–Crippen MR) is 88.0 cm³/mol. The van der Waals surface area contributed by atoms with Gasteiger partial charge >= 0.3 is 5.97 Å². The number of rotatable bonds is 4. The van der Waals surface area contributed by atoms with Crippen molar-refractivity contribution in [3.63, 3.8) is 0 Å². The van der Waals surface area contributed by atoms with Gasteiger partial charge in [0.05, 0.1) is 17.4 Å². The number of hydrogen-bond donors (Lipinski definition) is 1. The number of halogens is 1. The van der Waals surface area contributed by atoms with Crippen LogP contribution in [0.2, 0.25) is 0 Å². The molecule has 132 valence electrons. The summed E-state index contributed by atoms with van der Waals surface area (Å²) < 4.78 is 41.5. The molecule has 1 aliphatic heterocycles. The van der Waals surface area contributed by atoms with Gasteiger partial charge in [0.15, 0.2) is 9.84 Å². The molecule has 1 aliphatic rings. The Bertz CT molecular complexity index is 890. The average Bonchev–Trinajstić information content (AvgIpc) is 3.01. The van der Waals surface area contributed by atoms with Gasteiger partial charge in [-0.15, -0.1) is 0 Å². The molecule has 2 aromatic carbocycles. The summed E-state index contributed by atoms with van der Waals surface area (Å²) in [5.74, 6) is -1.87. The minimum absolute atomic E-state index is 0.103.